The van der Waals surface area contributed by atoms with E-state index >= 15 is 0 Å². The summed E-state index contributed by atoms with van der Waals surface area (Å²) in [4.78, 5) is 0. The molecule has 0 rings (SSSR count). The van der Waals surface area contributed by atoms with Crippen LogP contribution in [0.25, 0.3) is 0 Å². The van der Waals surface area contributed by atoms with Crippen LogP contribution < -0.4 is 0 Å². The van der Waals surface area contributed by atoms with E-state index in [0.717, 1.165) is 6.42 Å². The van der Waals surface area contributed by atoms with Crippen LogP contribution in [0.1, 0.15) is 40.0 Å². The van der Waals surface area contributed by atoms with Gasteiger partial charge in [-0.05, 0) is 24.7 Å². The molecule has 0 aliphatic carbocycles. The molecule has 0 aromatic carbocycles. The minimum Gasteiger partial charge on any atom is -0.251 e. The molecule has 2 heteroatoms. The second-order valence-corrected chi connectivity index (χ2v) is 3.78. The fourth-order valence-electron chi connectivity index (χ4n) is 1.41. The number of halogens is 2. The molecule has 0 amide bonds. The van der Waals surface area contributed by atoms with Crippen LogP contribution in [0.15, 0.2) is 0 Å². The Morgan fingerprint density at radius 2 is 1.83 bits per heavy atom. The zero-order valence-corrected chi connectivity index (χ0v) is 8.32. The van der Waals surface area contributed by atoms with Crippen LogP contribution in [-0.2, 0) is 0 Å². The van der Waals surface area contributed by atoms with Crippen molar-refractivity contribution in [3.63, 3.8) is 0 Å². The summed E-state index contributed by atoms with van der Waals surface area (Å²) >= 11 is 0. The van der Waals surface area contributed by atoms with Gasteiger partial charge in [0, 0.05) is 0 Å². The van der Waals surface area contributed by atoms with Crippen LogP contribution in [-0.4, -0.2) is 12.8 Å². The highest BCUT2D eigenvalue weighted by Gasteiger charge is 2.17. The average Bonchev–Trinajstić information content (AvgIpc) is 2.04. The fraction of sp³-hybridized carbons (Fsp3) is 1.00. The molecular weight excluding hydrogens is 158 g/mol. The molecule has 0 aromatic rings. The lowest BCUT2D eigenvalue weighted by Gasteiger charge is -2.18. The van der Waals surface area contributed by atoms with Crippen LogP contribution in [0.2, 0.25) is 0 Å². The predicted octanol–water partition coefficient (Wildman–Crippen LogP) is 3.76. The van der Waals surface area contributed by atoms with Gasteiger partial charge in [-0.2, -0.15) is 0 Å². The quantitative estimate of drug-likeness (QED) is 0.581. The third-order valence-corrected chi connectivity index (χ3v) is 2.22. The van der Waals surface area contributed by atoms with Gasteiger partial charge in [-0.3, -0.25) is 4.39 Å². The van der Waals surface area contributed by atoms with Crippen molar-refractivity contribution in [2.24, 2.45) is 11.8 Å². The monoisotopic (exact) mass is 178 g/mol. The molecule has 0 aliphatic rings. The lowest BCUT2D eigenvalue weighted by Crippen LogP contribution is -2.16. The Kier molecular flexibility index (Phi) is 6.31. The first kappa shape index (κ1) is 11.9. The number of hydrogen-bond acceptors (Lipinski definition) is 0. The normalized spacial score (nSPS) is 18.8. The van der Waals surface area contributed by atoms with E-state index in [2.05, 4.69) is 0 Å². The first-order valence-corrected chi connectivity index (χ1v) is 4.81. The topological polar surface area (TPSA) is 0 Å². The third-order valence-electron chi connectivity index (χ3n) is 2.22. The molecule has 0 heterocycles. The van der Waals surface area contributed by atoms with Crippen molar-refractivity contribution < 1.29 is 8.78 Å². The Morgan fingerprint density at radius 1 is 1.25 bits per heavy atom. The van der Waals surface area contributed by atoms with Crippen LogP contribution in [0.5, 0.6) is 0 Å². The van der Waals surface area contributed by atoms with Gasteiger partial charge in [-0.1, -0.05) is 27.2 Å². The lowest BCUT2D eigenvalue weighted by atomic mass is 9.92. The van der Waals surface area contributed by atoms with Crippen molar-refractivity contribution >= 4 is 0 Å². The number of alkyl halides is 2. The minimum atomic E-state index is -0.746. The lowest BCUT2D eigenvalue weighted by molar-refractivity contribution is 0.189. The van der Waals surface area contributed by atoms with Crippen molar-refractivity contribution in [1.82, 2.24) is 0 Å². The Bertz CT molecular complexity index is 104. The summed E-state index contributed by atoms with van der Waals surface area (Å²) in [5.41, 5.74) is 0. The maximum atomic E-state index is 13.2. The molecule has 0 radical (unpaired) electrons. The SMILES string of the molecule is CCC[C@H](F)C(C)CC(C)CF. The zero-order chi connectivity index (χ0) is 9.56. The van der Waals surface area contributed by atoms with Gasteiger partial charge in [0.2, 0.25) is 0 Å². The van der Waals surface area contributed by atoms with Gasteiger partial charge in [-0.25, -0.2) is 4.39 Å². The van der Waals surface area contributed by atoms with E-state index in [1.807, 2.05) is 20.8 Å². The molecule has 0 aliphatic heterocycles. The van der Waals surface area contributed by atoms with Crippen molar-refractivity contribution in [1.29, 1.82) is 0 Å². The van der Waals surface area contributed by atoms with E-state index in [-0.39, 0.29) is 18.5 Å². The van der Waals surface area contributed by atoms with Gasteiger partial charge < -0.3 is 0 Å². The van der Waals surface area contributed by atoms with E-state index in [4.69, 9.17) is 0 Å². The number of rotatable bonds is 6. The summed E-state index contributed by atoms with van der Waals surface area (Å²) in [6, 6.07) is 0. The van der Waals surface area contributed by atoms with Gasteiger partial charge in [0.25, 0.3) is 0 Å². The smallest absolute Gasteiger partial charge is 0.103 e. The van der Waals surface area contributed by atoms with Gasteiger partial charge in [0.1, 0.15) is 6.17 Å². The molecule has 0 nitrogen and oxygen atoms in total. The molecule has 0 aromatic heterocycles. The Balaban J connectivity index is 3.62. The molecule has 0 spiro atoms. The second kappa shape index (κ2) is 6.38. The standard InChI is InChI=1S/C10H20F2/c1-4-5-10(12)9(3)6-8(2)7-11/h8-10H,4-7H2,1-3H3/t8?,9?,10-/m0/s1. The summed E-state index contributed by atoms with van der Waals surface area (Å²) in [6.45, 7) is 5.34. The van der Waals surface area contributed by atoms with Gasteiger partial charge in [-0.15, -0.1) is 0 Å². The van der Waals surface area contributed by atoms with E-state index in [0.29, 0.717) is 12.8 Å². The first-order valence-electron chi connectivity index (χ1n) is 4.81. The Labute approximate surface area is 74.4 Å². The predicted molar refractivity (Wildman–Crippen MR) is 48.7 cm³/mol. The van der Waals surface area contributed by atoms with E-state index < -0.39 is 6.17 Å². The van der Waals surface area contributed by atoms with E-state index in [1.165, 1.54) is 0 Å². The van der Waals surface area contributed by atoms with Crippen molar-refractivity contribution in [3.05, 3.63) is 0 Å². The highest BCUT2D eigenvalue weighted by molar-refractivity contribution is 4.67. The molecule has 2 unspecified atom stereocenters. The molecule has 0 N–H and O–H groups in total. The summed E-state index contributed by atoms with van der Waals surface area (Å²) in [5, 5.41) is 0. The van der Waals surface area contributed by atoms with Gasteiger partial charge in [0.05, 0.1) is 6.67 Å². The average molecular weight is 178 g/mol. The summed E-state index contributed by atoms with van der Waals surface area (Å²) in [7, 11) is 0. The minimum absolute atomic E-state index is 0.00936. The Morgan fingerprint density at radius 3 is 2.25 bits per heavy atom. The molecule has 0 fully saturated rings. The van der Waals surface area contributed by atoms with Crippen LogP contribution in [0.3, 0.4) is 0 Å². The summed E-state index contributed by atoms with van der Waals surface area (Å²) in [6.07, 6.45) is 1.40. The maximum absolute atomic E-state index is 13.2. The van der Waals surface area contributed by atoms with E-state index in [1.54, 1.807) is 0 Å². The van der Waals surface area contributed by atoms with Gasteiger partial charge >= 0.3 is 0 Å². The van der Waals surface area contributed by atoms with Crippen LogP contribution in [0, 0.1) is 11.8 Å². The number of hydrogen-bond donors (Lipinski definition) is 0. The molecule has 12 heavy (non-hydrogen) atoms. The van der Waals surface area contributed by atoms with Gasteiger partial charge in [0.15, 0.2) is 0 Å². The summed E-state index contributed by atoms with van der Waals surface area (Å²) < 4.78 is 25.2. The maximum Gasteiger partial charge on any atom is 0.103 e. The first-order chi connectivity index (χ1) is 5.61. The van der Waals surface area contributed by atoms with E-state index in [9.17, 15) is 8.78 Å². The fourth-order valence-corrected chi connectivity index (χ4v) is 1.41. The third kappa shape index (κ3) is 4.68. The largest absolute Gasteiger partial charge is 0.251 e. The van der Waals surface area contributed by atoms with Crippen molar-refractivity contribution in [2.75, 3.05) is 6.67 Å². The molecule has 0 saturated carbocycles. The molecule has 0 saturated heterocycles. The summed E-state index contributed by atoms with van der Waals surface area (Å²) in [5.74, 6) is 0.0193. The second-order valence-electron chi connectivity index (χ2n) is 3.78. The van der Waals surface area contributed by atoms with Crippen LogP contribution >= 0.6 is 0 Å². The molecule has 0 bridgehead atoms. The molecule has 74 valence electrons. The van der Waals surface area contributed by atoms with Crippen molar-refractivity contribution in [3.8, 4) is 0 Å². The zero-order valence-electron chi connectivity index (χ0n) is 8.32. The highest BCUT2D eigenvalue weighted by Crippen LogP contribution is 2.21. The molecule has 3 atom stereocenters. The Hall–Kier alpha value is -0.140. The molecular formula is C10H20F2. The van der Waals surface area contributed by atoms with Crippen molar-refractivity contribution in [2.45, 2.75) is 46.2 Å². The highest BCUT2D eigenvalue weighted by atomic mass is 19.1. The van der Waals surface area contributed by atoms with Crippen LogP contribution in [0.4, 0.5) is 8.78 Å².